The summed E-state index contributed by atoms with van der Waals surface area (Å²) >= 11 is 0. The largest absolute Gasteiger partial charge is 0.342 e. The van der Waals surface area contributed by atoms with E-state index in [9.17, 15) is 22.4 Å². The molecule has 8 nitrogen and oxygen atoms in total. The van der Waals surface area contributed by atoms with Crippen LogP contribution in [0.25, 0.3) is 5.65 Å². The first-order chi connectivity index (χ1) is 17.6. The van der Waals surface area contributed by atoms with Crippen LogP contribution in [0.3, 0.4) is 0 Å². The van der Waals surface area contributed by atoms with E-state index in [1.807, 2.05) is 6.07 Å². The Morgan fingerprint density at radius 3 is 2.51 bits per heavy atom. The lowest BCUT2D eigenvalue weighted by Gasteiger charge is -2.33. The number of hydrogen-bond acceptors (Lipinski definition) is 6. The van der Waals surface area contributed by atoms with Crippen molar-refractivity contribution in [1.82, 2.24) is 30.2 Å². The first-order valence-corrected chi connectivity index (χ1v) is 12.8. The maximum absolute atomic E-state index is 13.9. The average molecular weight is 521 g/mol. The average Bonchev–Trinajstić information content (AvgIpc) is 3.67. The van der Waals surface area contributed by atoms with Gasteiger partial charge in [-0.1, -0.05) is 5.16 Å². The lowest BCUT2D eigenvalue weighted by molar-refractivity contribution is -0.0495. The predicted octanol–water partition coefficient (Wildman–Crippen LogP) is 5.26. The van der Waals surface area contributed by atoms with Crippen LogP contribution in [0.5, 0.6) is 0 Å². The van der Waals surface area contributed by atoms with E-state index in [-0.39, 0.29) is 49.6 Å². The normalized spacial score (nSPS) is 24.6. The molecule has 0 bridgehead atoms. The van der Waals surface area contributed by atoms with E-state index in [1.54, 1.807) is 23.8 Å². The lowest BCUT2D eigenvalue weighted by atomic mass is 9.81. The molecule has 3 aliphatic carbocycles. The molecule has 3 saturated carbocycles. The second kappa shape index (κ2) is 8.76. The van der Waals surface area contributed by atoms with E-state index in [0.29, 0.717) is 29.4 Å². The summed E-state index contributed by atoms with van der Waals surface area (Å²) in [5.41, 5.74) is 2.26. The zero-order valence-electron chi connectivity index (χ0n) is 20.3. The van der Waals surface area contributed by atoms with Crippen LogP contribution in [0.1, 0.15) is 90.8 Å². The lowest BCUT2D eigenvalue weighted by Crippen LogP contribution is -2.37. The molecule has 0 radical (unpaired) electrons. The second-order valence-corrected chi connectivity index (χ2v) is 10.9. The van der Waals surface area contributed by atoms with E-state index in [1.165, 1.54) is 0 Å². The summed E-state index contributed by atoms with van der Waals surface area (Å²) in [7, 11) is 0. The molecule has 0 aromatic carbocycles. The van der Waals surface area contributed by atoms with Crippen LogP contribution in [0.15, 0.2) is 23.1 Å². The highest BCUT2D eigenvalue weighted by atomic mass is 19.3. The van der Waals surface area contributed by atoms with Gasteiger partial charge in [0.05, 0.1) is 24.1 Å². The number of amides is 1. The third-order valence-corrected chi connectivity index (χ3v) is 8.18. The van der Waals surface area contributed by atoms with Crippen LogP contribution in [0.2, 0.25) is 0 Å². The highest BCUT2D eigenvalue weighted by Crippen LogP contribution is 2.56. The van der Waals surface area contributed by atoms with Crippen LogP contribution >= 0.6 is 0 Å². The Hall–Kier alpha value is -3.05. The van der Waals surface area contributed by atoms with Gasteiger partial charge in [0.25, 0.3) is 11.8 Å². The number of carbonyl (C=O) groups excluding carboxylic acids is 1. The van der Waals surface area contributed by atoms with Crippen molar-refractivity contribution < 1.29 is 27.0 Å². The number of fused-ring (bicyclic) bond motifs is 1. The molecule has 0 spiro atoms. The third-order valence-electron chi connectivity index (χ3n) is 8.18. The van der Waals surface area contributed by atoms with E-state index in [0.717, 1.165) is 18.4 Å². The van der Waals surface area contributed by atoms with Gasteiger partial charge in [0.15, 0.2) is 11.3 Å². The number of nitrogens with one attached hydrogen (secondary N) is 1. The maximum Gasteiger partial charge on any atom is 0.276 e. The standard InChI is InChI=1S/C25H28F4N6O2/c1-13-21(34-37-33-13)23(36)32-22(15-4-6-24(26,27)7-5-15)19-12-35-20(31-19)8-16(11-30-35)18(14-2-3-14)9-17-10-25(17,28)29/h8,11-12,14-15,17-18,22H,2-7,9-10H2,1H3,(H,32,36)/t17-,18+,22-/m0/s1. The van der Waals surface area contributed by atoms with Crippen molar-refractivity contribution in [2.75, 3.05) is 0 Å². The number of nitrogens with zero attached hydrogens (tertiary/aromatic N) is 5. The third kappa shape index (κ3) is 4.94. The Balaban J connectivity index is 1.28. The summed E-state index contributed by atoms with van der Waals surface area (Å²) in [6, 6.07) is 1.23. The number of rotatable bonds is 8. The van der Waals surface area contributed by atoms with Crippen molar-refractivity contribution in [3.8, 4) is 0 Å². The Kier molecular flexibility index (Phi) is 5.76. The number of alkyl halides is 4. The fourth-order valence-corrected chi connectivity index (χ4v) is 5.67. The molecule has 37 heavy (non-hydrogen) atoms. The molecule has 6 rings (SSSR count). The van der Waals surface area contributed by atoms with Gasteiger partial charge in [-0.2, -0.15) is 5.10 Å². The van der Waals surface area contributed by atoms with Crippen molar-refractivity contribution in [1.29, 1.82) is 0 Å². The Labute approximate surface area is 210 Å². The van der Waals surface area contributed by atoms with Gasteiger partial charge >= 0.3 is 0 Å². The minimum Gasteiger partial charge on any atom is -0.342 e. The van der Waals surface area contributed by atoms with E-state index in [2.05, 4.69) is 25.4 Å². The molecule has 0 saturated heterocycles. The van der Waals surface area contributed by atoms with Crippen molar-refractivity contribution in [2.24, 2.45) is 17.8 Å². The van der Waals surface area contributed by atoms with Crippen molar-refractivity contribution in [3.63, 3.8) is 0 Å². The number of aryl methyl sites for hydroxylation is 1. The maximum atomic E-state index is 13.9. The minimum atomic E-state index is -2.72. The van der Waals surface area contributed by atoms with Crippen LogP contribution in [-0.2, 0) is 0 Å². The molecular weight excluding hydrogens is 492 g/mol. The number of hydrogen-bond donors (Lipinski definition) is 1. The number of imidazole rings is 1. The molecule has 0 aliphatic heterocycles. The van der Waals surface area contributed by atoms with Crippen molar-refractivity contribution >= 4 is 11.6 Å². The fraction of sp³-hybridized carbons (Fsp3) is 0.640. The highest BCUT2D eigenvalue weighted by Gasteiger charge is 2.57. The minimum absolute atomic E-state index is 0.00902. The molecule has 3 heterocycles. The Morgan fingerprint density at radius 1 is 1.16 bits per heavy atom. The highest BCUT2D eigenvalue weighted by molar-refractivity contribution is 5.93. The summed E-state index contributed by atoms with van der Waals surface area (Å²) in [5.74, 6) is -6.26. The molecule has 3 atom stereocenters. The summed E-state index contributed by atoms with van der Waals surface area (Å²) in [5, 5.41) is 14.7. The molecular formula is C25H28F4N6O2. The van der Waals surface area contributed by atoms with Crippen LogP contribution in [0, 0.1) is 24.7 Å². The Bertz CT molecular complexity index is 1310. The molecule has 3 aromatic heterocycles. The van der Waals surface area contributed by atoms with Gasteiger partial charge < -0.3 is 5.32 Å². The molecule has 1 amide bonds. The predicted molar refractivity (Wildman–Crippen MR) is 122 cm³/mol. The quantitative estimate of drug-likeness (QED) is 0.407. The van der Waals surface area contributed by atoms with Crippen molar-refractivity contribution in [3.05, 3.63) is 41.1 Å². The van der Waals surface area contributed by atoms with E-state index < -0.39 is 29.7 Å². The topological polar surface area (TPSA) is 98.2 Å². The van der Waals surface area contributed by atoms with Crippen LogP contribution < -0.4 is 5.32 Å². The molecule has 0 unspecified atom stereocenters. The van der Waals surface area contributed by atoms with Gasteiger partial charge in [0.2, 0.25) is 5.92 Å². The van der Waals surface area contributed by atoms with Gasteiger partial charge in [0, 0.05) is 25.2 Å². The van der Waals surface area contributed by atoms with Crippen LogP contribution in [0.4, 0.5) is 17.6 Å². The number of halogens is 4. The smallest absolute Gasteiger partial charge is 0.276 e. The van der Waals surface area contributed by atoms with Gasteiger partial charge in [-0.05, 0) is 73.6 Å². The first-order valence-electron chi connectivity index (χ1n) is 12.8. The first kappa shape index (κ1) is 24.3. The summed E-state index contributed by atoms with van der Waals surface area (Å²) < 4.78 is 61.3. The fourth-order valence-electron chi connectivity index (χ4n) is 5.67. The molecule has 12 heteroatoms. The molecule has 3 aromatic rings. The summed E-state index contributed by atoms with van der Waals surface area (Å²) in [6.07, 6.45) is 5.73. The molecule has 3 fully saturated rings. The van der Waals surface area contributed by atoms with Gasteiger partial charge in [-0.25, -0.2) is 31.7 Å². The SMILES string of the molecule is Cc1nonc1C(=O)N[C@H](c1cn2ncc([C@H](C[C@H]3CC3(F)F)C3CC3)cc2n1)C1CCC(F)(F)CC1. The zero-order chi connectivity index (χ0) is 25.9. The summed E-state index contributed by atoms with van der Waals surface area (Å²) in [6.45, 7) is 1.59. The number of aromatic nitrogens is 5. The number of carbonyl (C=O) groups is 1. The van der Waals surface area contributed by atoms with Gasteiger partial charge in [0.1, 0.15) is 5.69 Å². The summed E-state index contributed by atoms with van der Waals surface area (Å²) in [4.78, 5) is 17.7. The molecule has 1 N–H and O–H groups in total. The van der Waals surface area contributed by atoms with E-state index >= 15 is 0 Å². The molecule has 198 valence electrons. The van der Waals surface area contributed by atoms with Crippen LogP contribution in [-0.4, -0.2) is 42.7 Å². The zero-order valence-corrected chi connectivity index (χ0v) is 20.3. The molecule has 3 aliphatic rings. The van der Waals surface area contributed by atoms with Crippen molar-refractivity contribution in [2.45, 2.75) is 82.1 Å². The Morgan fingerprint density at radius 2 is 1.89 bits per heavy atom. The monoisotopic (exact) mass is 520 g/mol. The van der Waals surface area contributed by atoms with Gasteiger partial charge in [-0.15, -0.1) is 0 Å². The van der Waals surface area contributed by atoms with Gasteiger partial charge in [-0.3, -0.25) is 4.79 Å². The second-order valence-electron chi connectivity index (χ2n) is 10.9. The van der Waals surface area contributed by atoms with E-state index in [4.69, 9.17) is 4.98 Å².